The lowest BCUT2D eigenvalue weighted by atomic mass is 10.1. The Labute approximate surface area is 117 Å². The predicted molar refractivity (Wildman–Crippen MR) is 74.7 cm³/mol. The molecule has 0 aliphatic carbocycles. The number of nitrogens with zero attached hydrogens (tertiary/aromatic N) is 1. The van der Waals surface area contributed by atoms with Crippen molar-refractivity contribution in [1.29, 1.82) is 0 Å². The summed E-state index contributed by atoms with van der Waals surface area (Å²) in [6, 6.07) is 10.7. The number of ether oxygens (including phenoxy) is 1. The van der Waals surface area contributed by atoms with Crippen LogP contribution in [0.1, 0.15) is 21.5 Å². The van der Waals surface area contributed by atoms with Crippen LogP contribution in [0.5, 0.6) is 5.88 Å². The third-order valence-electron chi connectivity index (χ3n) is 2.84. The van der Waals surface area contributed by atoms with Gasteiger partial charge in [0.25, 0.3) is 0 Å². The first kappa shape index (κ1) is 14.0. The molecule has 0 unspecified atom stereocenters. The van der Waals surface area contributed by atoms with Crippen molar-refractivity contribution in [2.45, 2.75) is 13.1 Å². The molecule has 1 heterocycles. The van der Waals surface area contributed by atoms with Gasteiger partial charge >= 0.3 is 5.97 Å². The number of hydrogen-bond acceptors (Lipinski definition) is 4. The molecular weight excluding hydrogens is 256 g/mol. The molecule has 5 nitrogen and oxygen atoms in total. The molecule has 0 aliphatic rings. The van der Waals surface area contributed by atoms with E-state index in [2.05, 4.69) is 10.3 Å². The zero-order valence-corrected chi connectivity index (χ0v) is 11.2. The van der Waals surface area contributed by atoms with Crippen LogP contribution in [-0.2, 0) is 13.1 Å². The van der Waals surface area contributed by atoms with Crippen molar-refractivity contribution in [2.24, 2.45) is 0 Å². The summed E-state index contributed by atoms with van der Waals surface area (Å²) in [6.45, 7) is 1.27. The lowest BCUT2D eigenvalue weighted by Crippen LogP contribution is -2.13. The fraction of sp³-hybridized carbons (Fsp3) is 0.200. The standard InChI is InChI=1S/C15H16N2O3/c1-20-14-8-12(5-6-17-14)10-16-9-11-3-2-4-13(7-11)15(18)19/h2-8,16H,9-10H2,1H3,(H,18,19). The van der Waals surface area contributed by atoms with E-state index in [0.29, 0.717) is 24.5 Å². The molecule has 0 fully saturated rings. The van der Waals surface area contributed by atoms with Gasteiger partial charge in [0.05, 0.1) is 12.7 Å². The molecule has 5 heteroatoms. The lowest BCUT2D eigenvalue weighted by molar-refractivity contribution is 0.0696. The molecule has 1 aromatic heterocycles. The molecule has 0 amide bonds. The first-order valence-corrected chi connectivity index (χ1v) is 6.21. The minimum Gasteiger partial charge on any atom is -0.481 e. The van der Waals surface area contributed by atoms with Crippen LogP contribution in [0.4, 0.5) is 0 Å². The van der Waals surface area contributed by atoms with Crippen LogP contribution in [0.25, 0.3) is 0 Å². The normalized spacial score (nSPS) is 10.2. The Balaban J connectivity index is 1.92. The topological polar surface area (TPSA) is 71.5 Å². The summed E-state index contributed by atoms with van der Waals surface area (Å²) in [7, 11) is 1.58. The molecule has 0 atom stereocenters. The van der Waals surface area contributed by atoms with E-state index in [-0.39, 0.29) is 0 Å². The second kappa shape index (κ2) is 6.68. The van der Waals surface area contributed by atoms with Gasteiger partial charge in [-0.15, -0.1) is 0 Å². The van der Waals surface area contributed by atoms with Crippen LogP contribution in [0, 0.1) is 0 Å². The van der Waals surface area contributed by atoms with Crippen LogP contribution >= 0.6 is 0 Å². The van der Waals surface area contributed by atoms with E-state index in [9.17, 15) is 4.79 Å². The Bertz CT molecular complexity index is 599. The van der Waals surface area contributed by atoms with Gasteiger partial charge in [0.1, 0.15) is 0 Å². The number of hydrogen-bond donors (Lipinski definition) is 2. The monoisotopic (exact) mass is 272 g/mol. The van der Waals surface area contributed by atoms with E-state index in [1.165, 1.54) is 0 Å². The summed E-state index contributed by atoms with van der Waals surface area (Å²) in [5.41, 5.74) is 2.30. The summed E-state index contributed by atoms with van der Waals surface area (Å²) in [4.78, 5) is 14.9. The fourth-order valence-electron chi connectivity index (χ4n) is 1.84. The fourth-order valence-corrected chi connectivity index (χ4v) is 1.84. The number of carbonyl (C=O) groups is 1. The molecule has 0 saturated heterocycles. The average molecular weight is 272 g/mol. The maximum absolute atomic E-state index is 10.9. The maximum atomic E-state index is 10.9. The van der Waals surface area contributed by atoms with Gasteiger partial charge in [-0.25, -0.2) is 9.78 Å². The summed E-state index contributed by atoms with van der Waals surface area (Å²) in [5.74, 6) is -0.331. The molecule has 2 aromatic rings. The van der Waals surface area contributed by atoms with Gasteiger partial charge in [0, 0.05) is 25.4 Å². The Morgan fingerprint density at radius 2 is 2.00 bits per heavy atom. The van der Waals surface area contributed by atoms with Crippen LogP contribution in [0.15, 0.2) is 42.6 Å². The van der Waals surface area contributed by atoms with Gasteiger partial charge in [0.15, 0.2) is 0 Å². The first-order valence-electron chi connectivity index (χ1n) is 6.21. The summed E-state index contributed by atoms with van der Waals surface area (Å²) in [5, 5.41) is 12.2. The third-order valence-corrected chi connectivity index (χ3v) is 2.84. The van der Waals surface area contributed by atoms with Crippen molar-refractivity contribution in [3.05, 3.63) is 59.3 Å². The summed E-state index contributed by atoms with van der Waals surface area (Å²) < 4.78 is 5.06. The second-order valence-corrected chi connectivity index (χ2v) is 4.32. The first-order chi connectivity index (χ1) is 9.69. The van der Waals surface area contributed by atoms with Crippen molar-refractivity contribution in [3.8, 4) is 5.88 Å². The number of pyridine rings is 1. The Morgan fingerprint density at radius 1 is 1.25 bits per heavy atom. The number of benzene rings is 1. The minimum absolute atomic E-state index is 0.301. The number of nitrogens with one attached hydrogen (secondary N) is 1. The maximum Gasteiger partial charge on any atom is 0.335 e. The zero-order chi connectivity index (χ0) is 14.4. The van der Waals surface area contributed by atoms with Gasteiger partial charge in [-0.2, -0.15) is 0 Å². The molecule has 20 heavy (non-hydrogen) atoms. The highest BCUT2D eigenvalue weighted by Gasteiger charge is 2.03. The van der Waals surface area contributed by atoms with Crippen molar-refractivity contribution >= 4 is 5.97 Å². The number of carboxylic acids is 1. The van der Waals surface area contributed by atoms with E-state index in [4.69, 9.17) is 9.84 Å². The average Bonchev–Trinajstić information content (AvgIpc) is 2.48. The highest BCUT2D eigenvalue weighted by molar-refractivity contribution is 5.87. The Hall–Kier alpha value is -2.40. The van der Waals surface area contributed by atoms with Crippen LogP contribution in [0.2, 0.25) is 0 Å². The minimum atomic E-state index is -0.911. The molecule has 0 saturated carbocycles. The smallest absolute Gasteiger partial charge is 0.335 e. The molecule has 1 aromatic carbocycles. The van der Waals surface area contributed by atoms with E-state index in [1.54, 1.807) is 31.5 Å². The molecule has 0 aliphatic heterocycles. The summed E-state index contributed by atoms with van der Waals surface area (Å²) in [6.07, 6.45) is 1.70. The van der Waals surface area contributed by atoms with Crippen LogP contribution < -0.4 is 10.1 Å². The number of carboxylic acid groups (broad SMARTS) is 1. The summed E-state index contributed by atoms with van der Waals surface area (Å²) >= 11 is 0. The van der Waals surface area contributed by atoms with E-state index in [1.807, 2.05) is 18.2 Å². The van der Waals surface area contributed by atoms with Gasteiger partial charge in [-0.1, -0.05) is 12.1 Å². The van der Waals surface area contributed by atoms with Gasteiger partial charge in [-0.05, 0) is 29.3 Å². The largest absolute Gasteiger partial charge is 0.481 e. The quantitative estimate of drug-likeness (QED) is 0.842. The number of methoxy groups -OCH3 is 1. The van der Waals surface area contributed by atoms with E-state index in [0.717, 1.165) is 11.1 Å². The number of aromatic carboxylic acids is 1. The van der Waals surface area contributed by atoms with Crippen LogP contribution in [0.3, 0.4) is 0 Å². The Morgan fingerprint density at radius 3 is 2.70 bits per heavy atom. The SMILES string of the molecule is COc1cc(CNCc2cccc(C(=O)O)c2)ccn1. The highest BCUT2D eigenvalue weighted by Crippen LogP contribution is 2.09. The molecule has 2 N–H and O–H groups in total. The predicted octanol–water partition coefficient (Wildman–Crippen LogP) is 2.08. The molecule has 0 bridgehead atoms. The van der Waals surface area contributed by atoms with Gasteiger partial charge in [0.2, 0.25) is 5.88 Å². The Kier molecular flexibility index (Phi) is 4.68. The van der Waals surface area contributed by atoms with Crippen molar-refractivity contribution in [3.63, 3.8) is 0 Å². The molecule has 2 rings (SSSR count). The number of aromatic nitrogens is 1. The van der Waals surface area contributed by atoms with Gasteiger partial charge < -0.3 is 15.2 Å². The molecular formula is C15H16N2O3. The molecule has 104 valence electrons. The van der Waals surface area contributed by atoms with Crippen molar-refractivity contribution in [2.75, 3.05) is 7.11 Å². The molecule has 0 spiro atoms. The van der Waals surface area contributed by atoms with Crippen molar-refractivity contribution < 1.29 is 14.6 Å². The lowest BCUT2D eigenvalue weighted by Gasteiger charge is -2.07. The second-order valence-electron chi connectivity index (χ2n) is 4.32. The van der Waals surface area contributed by atoms with Crippen molar-refractivity contribution in [1.82, 2.24) is 10.3 Å². The van der Waals surface area contributed by atoms with Gasteiger partial charge in [-0.3, -0.25) is 0 Å². The number of rotatable bonds is 6. The third kappa shape index (κ3) is 3.80. The molecule has 0 radical (unpaired) electrons. The highest BCUT2D eigenvalue weighted by atomic mass is 16.5. The van der Waals surface area contributed by atoms with Crippen LogP contribution in [-0.4, -0.2) is 23.2 Å². The van der Waals surface area contributed by atoms with E-state index >= 15 is 0 Å². The van der Waals surface area contributed by atoms with E-state index < -0.39 is 5.97 Å². The zero-order valence-electron chi connectivity index (χ0n) is 11.2.